The third-order valence-electron chi connectivity index (χ3n) is 5.26. The molecule has 5 heteroatoms. The van der Waals surface area contributed by atoms with E-state index in [-0.39, 0.29) is 11.8 Å². The first-order chi connectivity index (χ1) is 8.03. The molecule has 0 heterocycles. The van der Waals surface area contributed by atoms with Gasteiger partial charge in [-0.25, -0.2) is 0 Å². The molecule has 1 N–H and O–H groups in total. The highest BCUT2D eigenvalue weighted by atomic mass is 31.2. The summed E-state index contributed by atoms with van der Waals surface area (Å²) in [7, 11) is -0.632. The molecule has 0 saturated heterocycles. The lowest BCUT2D eigenvalue weighted by molar-refractivity contribution is -0.134. The average Bonchev–Trinajstić information content (AvgIpc) is 2.33. The Morgan fingerprint density at radius 1 is 1.00 bits per heavy atom. The van der Waals surface area contributed by atoms with Crippen LogP contribution >= 0.6 is 7.60 Å². The van der Waals surface area contributed by atoms with Gasteiger partial charge in [-0.3, -0.25) is 4.57 Å². The van der Waals surface area contributed by atoms with Gasteiger partial charge in [-0.1, -0.05) is 0 Å². The molecule has 98 valence electrons. The lowest BCUT2D eigenvalue weighted by Gasteiger charge is -2.59. The fraction of sp³-hybridized carbons (Fsp3) is 1.00. The fourth-order valence-electron chi connectivity index (χ4n) is 4.69. The standard InChI is InChI=1S/C12H21O4P/c1-15-17(14,16-2)12(13)10-4-8-3-9(6-10)7-11(12)5-8/h8-11,13H,3-7H2,1-2H3. The molecule has 0 aromatic heterocycles. The molecule has 0 spiro atoms. The Balaban J connectivity index is 2.00. The van der Waals surface area contributed by atoms with Crippen molar-refractivity contribution in [1.29, 1.82) is 0 Å². The molecule has 0 atom stereocenters. The van der Waals surface area contributed by atoms with Crippen LogP contribution in [0.25, 0.3) is 0 Å². The van der Waals surface area contributed by atoms with E-state index in [1.807, 2.05) is 0 Å². The minimum atomic E-state index is -3.40. The summed E-state index contributed by atoms with van der Waals surface area (Å²) in [5.74, 6) is 1.65. The van der Waals surface area contributed by atoms with Gasteiger partial charge in [0, 0.05) is 26.1 Å². The Kier molecular flexibility index (Phi) is 2.72. The van der Waals surface area contributed by atoms with Crippen LogP contribution in [0, 0.1) is 23.7 Å². The van der Waals surface area contributed by atoms with E-state index in [0.29, 0.717) is 0 Å². The molecular weight excluding hydrogens is 239 g/mol. The summed E-state index contributed by atoms with van der Waals surface area (Å²) < 4.78 is 22.9. The highest BCUT2D eigenvalue weighted by Gasteiger charge is 2.65. The van der Waals surface area contributed by atoms with Crippen molar-refractivity contribution in [1.82, 2.24) is 0 Å². The molecule has 17 heavy (non-hydrogen) atoms. The summed E-state index contributed by atoms with van der Waals surface area (Å²) in [6, 6.07) is 0. The lowest BCUT2D eigenvalue weighted by Crippen LogP contribution is -2.57. The quantitative estimate of drug-likeness (QED) is 0.792. The largest absolute Gasteiger partial charge is 0.377 e. The molecule has 4 aliphatic carbocycles. The van der Waals surface area contributed by atoms with Gasteiger partial charge in [-0.2, -0.15) is 0 Å². The van der Waals surface area contributed by atoms with Gasteiger partial charge in [-0.15, -0.1) is 0 Å². The molecule has 0 aromatic rings. The van der Waals surface area contributed by atoms with Crippen LogP contribution in [-0.2, 0) is 13.6 Å². The Bertz CT molecular complexity index is 332. The zero-order valence-corrected chi connectivity index (χ0v) is 11.4. The maximum atomic E-state index is 12.7. The summed E-state index contributed by atoms with van der Waals surface area (Å²) >= 11 is 0. The van der Waals surface area contributed by atoms with Gasteiger partial charge in [0.15, 0.2) is 5.34 Å². The second-order valence-corrected chi connectivity index (χ2v) is 8.39. The molecule has 4 nitrogen and oxygen atoms in total. The summed E-state index contributed by atoms with van der Waals surface area (Å²) in [5, 5.41) is 9.76. The van der Waals surface area contributed by atoms with Crippen molar-refractivity contribution in [2.75, 3.05) is 14.2 Å². The summed E-state index contributed by atoms with van der Waals surface area (Å²) in [6.07, 6.45) is 5.24. The van der Waals surface area contributed by atoms with Gasteiger partial charge in [-0.05, 0) is 43.9 Å². The van der Waals surface area contributed by atoms with Crippen molar-refractivity contribution in [2.24, 2.45) is 23.7 Å². The molecule has 0 radical (unpaired) electrons. The third-order valence-corrected chi connectivity index (χ3v) is 7.83. The normalized spacial score (nSPS) is 48.6. The van der Waals surface area contributed by atoms with E-state index in [1.54, 1.807) is 0 Å². The van der Waals surface area contributed by atoms with E-state index in [9.17, 15) is 9.67 Å². The lowest BCUT2D eigenvalue weighted by atomic mass is 9.54. The minimum Gasteiger partial charge on any atom is -0.377 e. The van der Waals surface area contributed by atoms with Crippen molar-refractivity contribution in [3.8, 4) is 0 Å². The second-order valence-electron chi connectivity index (χ2n) is 5.95. The van der Waals surface area contributed by atoms with Crippen LogP contribution in [0.4, 0.5) is 0 Å². The smallest absolute Gasteiger partial charge is 0.361 e. The zero-order valence-electron chi connectivity index (χ0n) is 10.5. The molecule has 0 unspecified atom stereocenters. The van der Waals surface area contributed by atoms with E-state index in [4.69, 9.17) is 9.05 Å². The molecule has 4 aliphatic rings. The van der Waals surface area contributed by atoms with E-state index < -0.39 is 12.9 Å². The first-order valence-electron chi connectivity index (χ1n) is 6.47. The third kappa shape index (κ3) is 1.45. The van der Waals surface area contributed by atoms with Crippen LogP contribution < -0.4 is 0 Å². The Labute approximate surface area is 102 Å². The fourth-order valence-corrected chi connectivity index (χ4v) is 6.74. The predicted molar refractivity (Wildman–Crippen MR) is 63.6 cm³/mol. The van der Waals surface area contributed by atoms with Crippen LogP contribution in [0.15, 0.2) is 0 Å². The molecule has 0 aliphatic heterocycles. The Hall–Kier alpha value is 0.110. The number of hydrogen-bond acceptors (Lipinski definition) is 4. The van der Waals surface area contributed by atoms with Crippen molar-refractivity contribution in [3.05, 3.63) is 0 Å². The second kappa shape index (κ2) is 3.80. The maximum absolute atomic E-state index is 12.7. The van der Waals surface area contributed by atoms with Gasteiger partial charge in [0.1, 0.15) is 0 Å². The van der Waals surface area contributed by atoms with E-state index >= 15 is 0 Å². The van der Waals surface area contributed by atoms with Gasteiger partial charge >= 0.3 is 7.60 Å². The first-order valence-corrected chi connectivity index (χ1v) is 8.01. The average molecular weight is 260 g/mol. The summed E-state index contributed by atoms with van der Waals surface area (Å²) in [6.45, 7) is 0. The number of aliphatic hydroxyl groups is 1. The highest BCUT2D eigenvalue weighted by molar-refractivity contribution is 7.55. The monoisotopic (exact) mass is 260 g/mol. The van der Waals surface area contributed by atoms with Gasteiger partial charge in [0.05, 0.1) is 0 Å². The van der Waals surface area contributed by atoms with Gasteiger partial charge < -0.3 is 14.2 Å². The molecule has 0 amide bonds. The zero-order chi connectivity index (χ0) is 12.3. The SMILES string of the molecule is COP(=O)(OC)C1(O)C2CC3CC(C2)CC1C3. The number of rotatable bonds is 3. The molecule has 4 bridgehead atoms. The highest BCUT2D eigenvalue weighted by Crippen LogP contribution is 2.72. The van der Waals surface area contributed by atoms with Crippen molar-refractivity contribution < 1.29 is 18.7 Å². The van der Waals surface area contributed by atoms with Crippen LogP contribution in [-0.4, -0.2) is 24.7 Å². The molecule has 0 aromatic carbocycles. The molecule has 4 fully saturated rings. The summed E-state index contributed by atoms with van der Waals surface area (Å²) in [4.78, 5) is 0. The maximum Gasteiger partial charge on any atom is 0.361 e. The molecule has 4 saturated carbocycles. The summed E-state index contributed by atoms with van der Waals surface area (Å²) in [5.41, 5.74) is 0. The van der Waals surface area contributed by atoms with Crippen LogP contribution in [0.1, 0.15) is 32.1 Å². The first kappa shape index (κ1) is 12.2. The molecule has 4 rings (SSSR count). The Morgan fingerprint density at radius 3 is 1.76 bits per heavy atom. The molecular formula is C12H21O4P. The van der Waals surface area contributed by atoms with Crippen LogP contribution in [0.3, 0.4) is 0 Å². The van der Waals surface area contributed by atoms with Gasteiger partial charge in [0.25, 0.3) is 0 Å². The van der Waals surface area contributed by atoms with Crippen molar-refractivity contribution in [3.63, 3.8) is 0 Å². The van der Waals surface area contributed by atoms with Crippen molar-refractivity contribution in [2.45, 2.75) is 37.4 Å². The number of hydrogen-bond donors (Lipinski definition) is 1. The van der Waals surface area contributed by atoms with Crippen LogP contribution in [0.2, 0.25) is 0 Å². The minimum absolute atomic E-state index is 0.101. The van der Waals surface area contributed by atoms with Crippen LogP contribution in [0.5, 0.6) is 0 Å². The van der Waals surface area contributed by atoms with E-state index in [2.05, 4.69) is 0 Å². The van der Waals surface area contributed by atoms with E-state index in [0.717, 1.165) is 37.5 Å². The predicted octanol–water partition coefficient (Wildman–Crippen LogP) is 2.62. The Morgan fingerprint density at radius 2 is 1.41 bits per heavy atom. The van der Waals surface area contributed by atoms with Crippen molar-refractivity contribution >= 4 is 7.60 Å². The van der Waals surface area contributed by atoms with E-state index in [1.165, 1.54) is 20.6 Å². The van der Waals surface area contributed by atoms with Gasteiger partial charge in [0.2, 0.25) is 0 Å². The topological polar surface area (TPSA) is 55.8 Å².